The van der Waals surface area contributed by atoms with Crippen LogP contribution in [0.3, 0.4) is 0 Å². The number of unbranched alkanes of at least 4 members (excludes halogenated alkanes) is 1. The maximum absolute atomic E-state index is 12.1. The minimum atomic E-state index is -3.68. The van der Waals surface area contributed by atoms with Gasteiger partial charge in [-0.3, -0.25) is 14.9 Å². The summed E-state index contributed by atoms with van der Waals surface area (Å²) in [6, 6.07) is 8.06. The van der Waals surface area contributed by atoms with E-state index in [9.17, 15) is 13.2 Å². The van der Waals surface area contributed by atoms with E-state index in [0.717, 1.165) is 30.3 Å². The number of hydroxylamine groups is 1. The molecule has 1 aliphatic rings. The fourth-order valence-corrected chi connectivity index (χ4v) is 4.08. The number of sulfone groups is 1. The molecule has 0 aliphatic carbocycles. The van der Waals surface area contributed by atoms with Gasteiger partial charge in [0.1, 0.15) is 0 Å². The van der Waals surface area contributed by atoms with Crippen LogP contribution >= 0.6 is 0 Å². The molecule has 1 aromatic rings. The predicted octanol–water partition coefficient (Wildman–Crippen LogP) is 1.60. The summed E-state index contributed by atoms with van der Waals surface area (Å²) < 4.78 is 22.5. The first-order valence-corrected chi connectivity index (χ1v) is 11.9. The van der Waals surface area contributed by atoms with E-state index < -0.39 is 20.5 Å². The van der Waals surface area contributed by atoms with Crippen molar-refractivity contribution in [3.8, 4) is 11.8 Å². The van der Waals surface area contributed by atoms with Gasteiger partial charge in [0, 0.05) is 44.5 Å². The largest absolute Gasteiger partial charge is 0.396 e. The summed E-state index contributed by atoms with van der Waals surface area (Å²) in [4.78, 5) is 14.0. The summed E-state index contributed by atoms with van der Waals surface area (Å²) in [6.07, 6.45) is 5.42. The summed E-state index contributed by atoms with van der Waals surface area (Å²) in [6.45, 7) is 3.35. The Morgan fingerprint density at radius 2 is 2.00 bits per heavy atom. The zero-order chi connectivity index (χ0) is 22.2. The molecule has 0 aromatic heterocycles. The SMILES string of the molecule is CC(CCN1CC=C(c2ccc(C#CCCCO)cc2)CC1)(C(=O)NO)S(C)(=O)=O. The van der Waals surface area contributed by atoms with E-state index in [1.165, 1.54) is 18.0 Å². The number of hydrogen-bond acceptors (Lipinski definition) is 6. The fraction of sp³-hybridized carbons (Fsp3) is 0.500. The van der Waals surface area contributed by atoms with Crippen molar-refractivity contribution in [2.24, 2.45) is 0 Å². The molecule has 1 aliphatic heterocycles. The number of aliphatic hydroxyl groups excluding tert-OH is 1. The third-order valence-electron chi connectivity index (χ3n) is 5.55. The second kappa shape index (κ2) is 10.7. The molecule has 0 saturated carbocycles. The Hall–Kier alpha value is -2.18. The summed E-state index contributed by atoms with van der Waals surface area (Å²) in [5.41, 5.74) is 4.79. The highest BCUT2D eigenvalue weighted by Crippen LogP contribution is 2.25. The second-order valence-corrected chi connectivity index (χ2v) is 10.1. The smallest absolute Gasteiger partial charge is 0.264 e. The van der Waals surface area contributed by atoms with Crippen LogP contribution in [0, 0.1) is 11.8 Å². The molecule has 164 valence electrons. The average molecular weight is 435 g/mol. The Labute approximate surface area is 178 Å². The second-order valence-electron chi connectivity index (χ2n) is 7.68. The van der Waals surface area contributed by atoms with E-state index in [2.05, 4.69) is 22.8 Å². The number of carbonyl (C=O) groups is 1. The molecule has 0 bridgehead atoms. The van der Waals surface area contributed by atoms with Gasteiger partial charge in [0.25, 0.3) is 5.91 Å². The van der Waals surface area contributed by atoms with Gasteiger partial charge in [0.15, 0.2) is 14.6 Å². The molecular weight excluding hydrogens is 404 g/mol. The number of amides is 1. The maximum atomic E-state index is 12.1. The lowest BCUT2D eigenvalue weighted by atomic mass is 9.98. The minimum absolute atomic E-state index is 0.102. The van der Waals surface area contributed by atoms with Crippen LogP contribution in [0.5, 0.6) is 0 Å². The molecule has 1 unspecified atom stereocenters. The van der Waals surface area contributed by atoms with E-state index in [1.807, 2.05) is 24.3 Å². The van der Waals surface area contributed by atoms with E-state index in [-0.39, 0.29) is 13.0 Å². The van der Waals surface area contributed by atoms with Crippen LogP contribution < -0.4 is 5.48 Å². The quantitative estimate of drug-likeness (QED) is 0.248. The highest BCUT2D eigenvalue weighted by Gasteiger charge is 2.43. The maximum Gasteiger partial charge on any atom is 0.264 e. The lowest BCUT2D eigenvalue weighted by Gasteiger charge is -2.31. The molecule has 7 nitrogen and oxygen atoms in total. The first-order valence-electron chi connectivity index (χ1n) is 9.97. The zero-order valence-electron chi connectivity index (χ0n) is 17.5. The van der Waals surface area contributed by atoms with E-state index in [4.69, 9.17) is 10.3 Å². The van der Waals surface area contributed by atoms with Crippen molar-refractivity contribution < 1.29 is 23.5 Å². The molecule has 2 rings (SSSR count). The van der Waals surface area contributed by atoms with Crippen molar-refractivity contribution in [1.29, 1.82) is 0 Å². The number of rotatable bonds is 8. The van der Waals surface area contributed by atoms with Gasteiger partial charge in [0.2, 0.25) is 0 Å². The molecule has 1 aromatic carbocycles. The van der Waals surface area contributed by atoms with Crippen LogP contribution in [0.2, 0.25) is 0 Å². The van der Waals surface area contributed by atoms with Gasteiger partial charge in [-0.2, -0.15) is 0 Å². The van der Waals surface area contributed by atoms with Crippen molar-refractivity contribution in [3.63, 3.8) is 0 Å². The van der Waals surface area contributed by atoms with Crippen LogP contribution in [-0.4, -0.2) is 66.8 Å². The third kappa shape index (κ3) is 6.16. The molecule has 8 heteroatoms. The average Bonchev–Trinajstić information content (AvgIpc) is 2.74. The lowest BCUT2D eigenvalue weighted by Crippen LogP contribution is -2.51. The Morgan fingerprint density at radius 3 is 2.53 bits per heavy atom. The van der Waals surface area contributed by atoms with Gasteiger partial charge in [0.05, 0.1) is 0 Å². The zero-order valence-corrected chi connectivity index (χ0v) is 18.3. The molecule has 3 N–H and O–H groups in total. The Morgan fingerprint density at radius 1 is 1.30 bits per heavy atom. The van der Waals surface area contributed by atoms with Crippen molar-refractivity contribution in [1.82, 2.24) is 10.4 Å². The predicted molar refractivity (Wildman–Crippen MR) is 116 cm³/mol. The van der Waals surface area contributed by atoms with Crippen LogP contribution in [-0.2, 0) is 14.6 Å². The first-order chi connectivity index (χ1) is 14.2. The summed E-state index contributed by atoms with van der Waals surface area (Å²) in [5, 5.41) is 17.7. The number of nitrogens with one attached hydrogen (secondary N) is 1. The normalized spacial score (nSPS) is 16.7. The molecule has 0 radical (unpaired) electrons. The van der Waals surface area contributed by atoms with Crippen molar-refractivity contribution in [2.45, 2.75) is 37.4 Å². The molecule has 0 spiro atoms. The summed E-state index contributed by atoms with van der Waals surface area (Å²) in [5.74, 6) is 5.22. The first kappa shape index (κ1) is 24.1. The molecule has 0 fully saturated rings. The summed E-state index contributed by atoms with van der Waals surface area (Å²) in [7, 11) is -3.68. The molecule has 30 heavy (non-hydrogen) atoms. The molecule has 1 atom stereocenters. The number of carbonyl (C=O) groups excluding carboxylic acids is 1. The van der Waals surface area contributed by atoms with E-state index >= 15 is 0 Å². The van der Waals surface area contributed by atoms with Gasteiger partial charge in [-0.25, -0.2) is 13.9 Å². The third-order valence-corrected chi connectivity index (χ3v) is 7.57. The monoisotopic (exact) mass is 434 g/mol. The van der Waals surface area contributed by atoms with E-state index in [1.54, 1.807) is 0 Å². The Kier molecular flexibility index (Phi) is 8.62. The minimum Gasteiger partial charge on any atom is -0.396 e. The number of benzene rings is 1. The van der Waals surface area contributed by atoms with Gasteiger partial charge in [-0.05, 0) is 49.5 Å². The van der Waals surface area contributed by atoms with Gasteiger partial charge < -0.3 is 5.11 Å². The molecular formula is C22H30N2O5S. The van der Waals surface area contributed by atoms with Crippen LogP contribution in [0.15, 0.2) is 30.3 Å². The van der Waals surface area contributed by atoms with Crippen LogP contribution in [0.1, 0.15) is 43.7 Å². The summed E-state index contributed by atoms with van der Waals surface area (Å²) >= 11 is 0. The standard InChI is InChI=1S/C22H30N2O5S/c1-22(21(26)23-27,30(2,28)29)13-16-24-14-11-20(12-15-24)19-9-7-18(8-10-19)6-4-3-5-17-25/h7-11,25,27H,3,5,12-17H2,1-2H3,(H,23,26). The number of nitrogens with zero attached hydrogens (tertiary/aromatic N) is 1. The van der Waals surface area contributed by atoms with E-state index in [0.29, 0.717) is 25.9 Å². The number of hydrogen-bond donors (Lipinski definition) is 3. The van der Waals surface area contributed by atoms with Crippen LogP contribution in [0.4, 0.5) is 0 Å². The fourth-order valence-electron chi connectivity index (χ4n) is 3.23. The Balaban J connectivity index is 1.96. The van der Waals surface area contributed by atoms with Crippen LogP contribution in [0.25, 0.3) is 5.57 Å². The topological polar surface area (TPSA) is 107 Å². The highest BCUT2D eigenvalue weighted by molar-refractivity contribution is 7.92. The molecule has 1 amide bonds. The van der Waals surface area contributed by atoms with Gasteiger partial charge in [-0.1, -0.05) is 30.0 Å². The van der Waals surface area contributed by atoms with Gasteiger partial charge >= 0.3 is 0 Å². The number of aliphatic hydroxyl groups is 1. The van der Waals surface area contributed by atoms with Crippen molar-refractivity contribution in [3.05, 3.63) is 41.5 Å². The van der Waals surface area contributed by atoms with Gasteiger partial charge in [-0.15, -0.1) is 0 Å². The highest BCUT2D eigenvalue weighted by atomic mass is 32.2. The lowest BCUT2D eigenvalue weighted by molar-refractivity contribution is -0.131. The molecule has 1 heterocycles. The Bertz CT molecular complexity index is 929. The van der Waals surface area contributed by atoms with Crippen molar-refractivity contribution >= 4 is 21.3 Å². The van der Waals surface area contributed by atoms with Crippen molar-refractivity contribution in [2.75, 3.05) is 32.5 Å². The molecule has 0 saturated heterocycles.